The molecule has 6 heteroatoms. The van der Waals surface area contributed by atoms with Gasteiger partial charge >= 0.3 is 6.18 Å². The molecule has 1 rings (SSSR count). The summed E-state index contributed by atoms with van der Waals surface area (Å²) in [5.74, 6) is -0.348. The first-order valence-corrected chi connectivity index (χ1v) is 4.49. The molecule has 0 radical (unpaired) electrons. The Balaban J connectivity index is 2.86. The molecule has 1 unspecified atom stereocenters. The molecular weight excluding hydrogens is 231 g/mol. The lowest BCUT2D eigenvalue weighted by Gasteiger charge is -2.16. The lowest BCUT2D eigenvalue weighted by molar-refractivity contribution is -0.147. The summed E-state index contributed by atoms with van der Waals surface area (Å²) in [7, 11) is 0. The van der Waals surface area contributed by atoms with E-state index in [1.807, 2.05) is 0 Å². The molecule has 0 saturated carbocycles. The molecule has 0 aliphatic carbocycles. The molecule has 15 heavy (non-hydrogen) atoms. The van der Waals surface area contributed by atoms with Gasteiger partial charge in [0.1, 0.15) is 11.8 Å². The summed E-state index contributed by atoms with van der Waals surface area (Å²) >= 11 is 5.54. The van der Waals surface area contributed by atoms with Crippen LogP contribution < -0.4 is 5.73 Å². The van der Waals surface area contributed by atoms with Gasteiger partial charge in [-0.3, -0.25) is 0 Å². The third-order valence-electron chi connectivity index (χ3n) is 1.93. The van der Waals surface area contributed by atoms with Gasteiger partial charge in [0.15, 0.2) is 0 Å². The van der Waals surface area contributed by atoms with E-state index in [9.17, 15) is 18.3 Å². The highest BCUT2D eigenvalue weighted by Crippen LogP contribution is 2.30. The summed E-state index contributed by atoms with van der Waals surface area (Å²) in [6.07, 6.45) is -4.97. The molecule has 0 aromatic heterocycles. The first kappa shape index (κ1) is 12.1. The minimum absolute atomic E-state index is 0.0156. The number of alkyl halides is 3. The zero-order valence-electron chi connectivity index (χ0n) is 7.55. The Morgan fingerprint density at radius 1 is 1.40 bits per heavy atom. The van der Waals surface area contributed by atoms with E-state index in [-0.39, 0.29) is 16.3 Å². The number of benzene rings is 1. The van der Waals surface area contributed by atoms with Crippen LogP contribution in [0.5, 0.6) is 5.75 Å². The van der Waals surface area contributed by atoms with Gasteiger partial charge in [0.2, 0.25) is 0 Å². The van der Waals surface area contributed by atoms with Gasteiger partial charge in [-0.1, -0.05) is 23.7 Å². The quantitative estimate of drug-likeness (QED) is 0.833. The smallest absolute Gasteiger partial charge is 0.403 e. The Hall–Kier alpha value is -0.940. The van der Waals surface area contributed by atoms with Gasteiger partial charge < -0.3 is 10.8 Å². The number of halogens is 4. The summed E-state index contributed by atoms with van der Waals surface area (Å²) in [5.41, 5.74) is 5.01. The van der Waals surface area contributed by atoms with Gasteiger partial charge in [-0.15, -0.1) is 0 Å². The first-order chi connectivity index (χ1) is 6.82. The summed E-state index contributed by atoms with van der Waals surface area (Å²) in [6, 6.07) is 2.20. The fraction of sp³-hybridized carbons (Fsp3) is 0.333. The second kappa shape index (κ2) is 4.28. The van der Waals surface area contributed by atoms with Crippen LogP contribution in [-0.2, 0) is 6.42 Å². The Labute approximate surface area is 89.5 Å². The van der Waals surface area contributed by atoms with Crippen LogP contribution in [0.15, 0.2) is 18.2 Å². The van der Waals surface area contributed by atoms with Crippen LogP contribution in [0.4, 0.5) is 13.2 Å². The molecule has 3 N–H and O–H groups in total. The SMILES string of the molecule is NC(Cc1cccc(Cl)c1O)C(F)(F)F. The van der Waals surface area contributed by atoms with Gasteiger partial charge in [-0.2, -0.15) is 13.2 Å². The molecular formula is C9H9ClF3NO. The maximum atomic E-state index is 12.1. The fourth-order valence-corrected chi connectivity index (χ4v) is 1.27. The molecule has 0 aliphatic rings. The molecule has 0 amide bonds. The van der Waals surface area contributed by atoms with Gasteiger partial charge in [0.05, 0.1) is 5.02 Å². The van der Waals surface area contributed by atoms with Crippen molar-refractivity contribution in [3.8, 4) is 5.75 Å². The number of phenols is 1. The molecule has 0 saturated heterocycles. The highest BCUT2D eigenvalue weighted by atomic mass is 35.5. The average Bonchev–Trinajstić information content (AvgIpc) is 2.11. The highest BCUT2D eigenvalue weighted by molar-refractivity contribution is 6.32. The standard InChI is InChI=1S/C9H9ClF3NO/c10-6-3-1-2-5(8(6)15)4-7(14)9(11,12)13/h1-3,7,15H,4,14H2. The van der Waals surface area contributed by atoms with E-state index in [1.165, 1.54) is 18.2 Å². The lowest BCUT2D eigenvalue weighted by atomic mass is 10.1. The summed E-state index contributed by atoms with van der Waals surface area (Å²) in [5, 5.41) is 9.37. The normalized spacial score (nSPS) is 13.9. The minimum atomic E-state index is -4.48. The van der Waals surface area contributed by atoms with Crippen molar-refractivity contribution in [2.24, 2.45) is 5.73 Å². The Morgan fingerprint density at radius 3 is 2.53 bits per heavy atom. The second-order valence-corrected chi connectivity index (χ2v) is 3.51. The van der Waals surface area contributed by atoms with E-state index >= 15 is 0 Å². The summed E-state index contributed by atoms with van der Waals surface area (Å²) < 4.78 is 36.4. The molecule has 0 heterocycles. The number of hydrogen-bond donors (Lipinski definition) is 2. The van der Waals surface area contributed by atoms with Crippen molar-refractivity contribution >= 4 is 11.6 Å². The van der Waals surface area contributed by atoms with Crippen LogP contribution >= 0.6 is 11.6 Å². The van der Waals surface area contributed by atoms with Crippen molar-refractivity contribution in [1.82, 2.24) is 0 Å². The number of aromatic hydroxyl groups is 1. The maximum Gasteiger partial charge on any atom is 0.403 e. The predicted octanol–water partition coefficient (Wildman–Crippen LogP) is 2.48. The lowest BCUT2D eigenvalue weighted by Crippen LogP contribution is -2.39. The number of para-hydroxylation sites is 1. The second-order valence-electron chi connectivity index (χ2n) is 3.10. The van der Waals surface area contributed by atoms with E-state index in [1.54, 1.807) is 0 Å². The van der Waals surface area contributed by atoms with Crippen LogP contribution in [0.1, 0.15) is 5.56 Å². The monoisotopic (exact) mass is 239 g/mol. The Morgan fingerprint density at radius 2 is 2.00 bits per heavy atom. The number of rotatable bonds is 2. The molecule has 0 bridgehead atoms. The predicted molar refractivity (Wildman–Crippen MR) is 50.9 cm³/mol. The zero-order valence-corrected chi connectivity index (χ0v) is 8.31. The van der Waals surface area contributed by atoms with E-state index < -0.39 is 18.6 Å². The molecule has 1 aromatic carbocycles. The van der Waals surface area contributed by atoms with Gasteiger partial charge in [0, 0.05) is 0 Å². The van der Waals surface area contributed by atoms with Crippen molar-refractivity contribution < 1.29 is 18.3 Å². The molecule has 1 atom stereocenters. The number of hydrogen-bond acceptors (Lipinski definition) is 2. The van der Waals surface area contributed by atoms with Crippen LogP contribution in [0.25, 0.3) is 0 Å². The van der Waals surface area contributed by atoms with Crippen LogP contribution in [0, 0.1) is 0 Å². The third kappa shape index (κ3) is 3.00. The van der Waals surface area contributed by atoms with E-state index in [0.717, 1.165) is 0 Å². The van der Waals surface area contributed by atoms with E-state index in [4.69, 9.17) is 17.3 Å². The molecule has 2 nitrogen and oxygen atoms in total. The van der Waals surface area contributed by atoms with Crippen molar-refractivity contribution in [2.75, 3.05) is 0 Å². The van der Waals surface area contributed by atoms with Gasteiger partial charge in [-0.25, -0.2) is 0 Å². The summed E-state index contributed by atoms with van der Waals surface area (Å²) in [4.78, 5) is 0. The Bertz CT molecular complexity index is 354. The zero-order chi connectivity index (χ0) is 11.6. The maximum absolute atomic E-state index is 12.1. The van der Waals surface area contributed by atoms with E-state index in [2.05, 4.69) is 0 Å². The van der Waals surface area contributed by atoms with E-state index in [0.29, 0.717) is 0 Å². The van der Waals surface area contributed by atoms with Crippen molar-refractivity contribution in [1.29, 1.82) is 0 Å². The van der Waals surface area contributed by atoms with Crippen LogP contribution in [0.2, 0.25) is 5.02 Å². The van der Waals surface area contributed by atoms with Crippen LogP contribution in [0.3, 0.4) is 0 Å². The molecule has 0 aliphatic heterocycles. The average molecular weight is 240 g/mol. The first-order valence-electron chi connectivity index (χ1n) is 4.11. The number of nitrogens with two attached hydrogens (primary N) is 1. The topological polar surface area (TPSA) is 46.2 Å². The van der Waals surface area contributed by atoms with Gasteiger partial charge in [0.25, 0.3) is 0 Å². The van der Waals surface area contributed by atoms with Crippen molar-refractivity contribution in [3.05, 3.63) is 28.8 Å². The van der Waals surface area contributed by atoms with Crippen molar-refractivity contribution in [3.63, 3.8) is 0 Å². The van der Waals surface area contributed by atoms with Crippen LogP contribution in [-0.4, -0.2) is 17.3 Å². The van der Waals surface area contributed by atoms with Crippen molar-refractivity contribution in [2.45, 2.75) is 18.6 Å². The molecule has 1 aromatic rings. The largest absolute Gasteiger partial charge is 0.506 e. The minimum Gasteiger partial charge on any atom is -0.506 e. The Kier molecular flexibility index (Phi) is 3.46. The molecule has 84 valence electrons. The molecule has 0 spiro atoms. The molecule has 0 fully saturated rings. The highest BCUT2D eigenvalue weighted by Gasteiger charge is 2.36. The fourth-order valence-electron chi connectivity index (χ4n) is 1.08. The number of phenolic OH excluding ortho intramolecular Hbond substituents is 1. The van der Waals surface area contributed by atoms with Gasteiger partial charge in [-0.05, 0) is 18.1 Å². The third-order valence-corrected chi connectivity index (χ3v) is 2.24. The summed E-state index contributed by atoms with van der Waals surface area (Å²) in [6.45, 7) is 0.